The van der Waals surface area contributed by atoms with Crippen molar-refractivity contribution in [3.05, 3.63) is 52.8 Å². The number of carbonyl (C=O) groups excluding carboxylic acids is 1. The first-order valence-electron chi connectivity index (χ1n) is 8.84. The SMILES string of the molecule is Clc1nccn2c(C3CC3)ncc12.O=C(NCc1nccnc1Cl)C1CC1. The minimum Gasteiger partial charge on any atom is -0.350 e. The fraction of sp³-hybridized carbons (Fsp3) is 0.389. The molecule has 2 aliphatic carbocycles. The summed E-state index contributed by atoms with van der Waals surface area (Å²) in [6.45, 7) is 0.363. The van der Waals surface area contributed by atoms with Crippen molar-refractivity contribution in [3.63, 3.8) is 0 Å². The van der Waals surface area contributed by atoms with Crippen LogP contribution in [0.25, 0.3) is 5.52 Å². The number of imidazole rings is 1. The number of fused-ring (bicyclic) bond motifs is 1. The van der Waals surface area contributed by atoms with Gasteiger partial charge in [-0.3, -0.25) is 14.2 Å². The van der Waals surface area contributed by atoms with E-state index >= 15 is 0 Å². The van der Waals surface area contributed by atoms with E-state index in [4.69, 9.17) is 23.2 Å². The van der Waals surface area contributed by atoms with Crippen molar-refractivity contribution in [3.8, 4) is 0 Å². The second-order valence-electron chi connectivity index (χ2n) is 6.65. The van der Waals surface area contributed by atoms with Crippen molar-refractivity contribution < 1.29 is 4.79 Å². The summed E-state index contributed by atoms with van der Waals surface area (Å²) >= 11 is 11.7. The number of amides is 1. The lowest BCUT2D eigenvalue weighted by Crippen LogP contribution is -2.24. The first-order chi connectivity index (χ1) is 13.1. The highest BCUT2D eigenvalue weighted by Crippen LogP contribution is 2.39. The molecular formula is C18H18Cl2N6O. The number of carbonyl (C=O) groups is 1. The summed E-state index contributed by atoms with van der Waals surface area (Å²) in [5.74, 6) is 2.07. The fourth-order valence-electron chi connectivity index (χ4n) is 2.69. The van der Waals surface area contributed by atoms with E-state index in [1.54, 1.807) is 18.6 Å². The van der Waals surface area contributed by atoms with Crippen molar-refractivity contribution in [2.45, 2.75) is 38.1 Å². The molecule has 3 aromatic heterocycles. The topological polar surface area (TPSA) is 85.1 Å². The van der Waals surface area contributed by atoms with Gasteiger partial charge in [0, 0.05) is 36.6 Å². The van der Waals surface area contributed by atoms with Crippen LogP contribution in [0.2, 0.25) is 10.3 Å². The van der Waals surface area contributed by atoms with Gasteiger partial charge >= 0.3 is 0 Å². The van der Waals surface area contributed by atoms with Crippen LogP contribution in [0.5, 0.6) is 0 Å². The van der Waals surface area contributed by atoms with Gasteiger partial charge < -0.3 is 5.32 Å². The molecule has 1 N–H and O–H groups in total. The van der Waals surface area contributed by atoms with Crippen molar-refractivity contribution >= 4 is 34.6 Å². The lowest BCUT2D eigenvalue weighted by atomic mass is 10.3. The zero-order chi connectivity index (χ0) is 18.8. The van der Waals surface area contributed by atoms with Crippen molar-refractivity contribution in [2.75, 3.05) is 0 Å². The van der Waals surface area contributed by atoms with E-state index in [2.05, 4.69) is 25.3 Å². The lowest BCUT2D eigenvalue weighted by Gasteiger charge is -2.03. The summed E-state index contributed by atoms with van der Waals surface area (Å²) in [5, 5.41) is 3.66. The number of nitrogens with one attached hydrogen (secondary N) is 1. The molecule has 7 nitrogen and oxygen atoms in total. The first-order valence-corrected chi connectivity index (χ1v) is 9.59. The molecule has 3 heterocycles. The molecule has 0 atom stereocenters. The zero-order valence-electron chi connectivity index (χ0n) is 14.5. The highest BCUT2D eigenvalue weighted by Gasteiger charge is 2.29. The number of rotatable bonds is 4. The number of hydrogen-bond donors (Lipinski definition) is 1. The third kappa shape index (κ3) is 4.36. The van der Waals surface area contributed by atoms with Gasteiger partial charge in [0.05, 0.1) is 18.4 Å². The summed E-state index contributed by atoms with van der Waals surface area (Å²) in [5.41, 5.74) is 1.52. The monoisotopic (exact) mass is 404 g/mol. The highest BCUT2D eigenvalue weighted by atomic mass is 35.5. The van der Waals surface area contributed by atoms with Crippen LogP contribution < -0.4 is 5.32 Å². The van der Waals surface area contributed by atoms with Gasteiger partial charge in [0.15, 0.2) is 10.3 Å². The normalized spacial score (nSPS) is 15.9. The Morgan fingerprint density at radius 2 is 1.78 bits per heavy atom. The Kier molecular flexibility index (Phi) is 5.22. The lowest BCUT2D eigenvalue weighted by molar-refractivity contribution is -0.122. The smallest absolute Gasteiger partial charge is 0.223 e. The molecule has 0 aliphatic heterocycles. The highest BCUT2D eigenvalue weighted by molar-refractivity contribution is 6.32. The van der Waals surface area contributed by atoms with Gasteiger partial charge in [-0.15, -0.1) is 0 Å². The molecule has 5 rings (SSSR count). The van der Waals surface area contributed by atoms with Crippen LogP contribution in [0, 0.1) is 5.92 Å². The standard InChI is InChI=1S/C9H10ClN3O.C9H8ClN3/c10-8-7(11-3-4-12-8)5-13-9(14)6-1-2-6;10-8-7-5-12-9(6-1-2-6)13(7)4-3-11-8/h3-4,6H,1-2,5H2,(H,13,14);3-6H,1-2H2. The summed E-state index contributed by atoms with van der Waals surface area (Å²) in [4.78, 5) is 27.5. The average Bonchev–Trinajstić information content (AvgIpc) is 3.60. The molecule has 0 saturated heterocycles. The van der Waals surface area contributed by atoms with Crippen LogP contribution in [-0.4, -0.2) is 30.2 Å². The molecule has 140 valence electrons. The van der Waals surface area contributed by atoms with E-state index < -0.39 is 0 Å². The number of hydrogen-bond acceptors (Lipinski definition) is 5. The molecule has 3 aromatic rings. The Labute approximate surface area is 166 Å². The van der Waals surface area contributed by atoms with Crippen molar-refractivity contribution in [1.82, 2.24) is 29.7 Å². The number of nitrogens with zero attached hydrogens (tertiary/aromatic N) is 5. The molecular weight excluding hydrogens is 387 g/mol. The summed E-state index contributed by atoms with van der Waals surface area (Å²) < 4.78 is 2.03. The molecule has 0 unspecified atom stereocenters. The Balaban J connectivity index is 0.000000134. The van der Waals surface area contributed by atoms with E-state index in [0.717, 1.165) is 24.2 Å². The second kappa shape index (κ2) is 7.78. The largest absolute Gasteiger partial charge is 0.350 e. The quantitative estimate of drug-likeness (QED) is 0.719. The van der Waals surface area contributed by atoms with Crippen molar-refractivity contribution in [2.24, 2.45) is 5.92 Å². The van der Waals surface area contributed by atoms with E-state index in [9.17, 15) is 4.79 Å². The van der Waals surface area contributed by atoms with Gasteiger partial charge in [-0.1, -0.05) is 23.2 Å². The third-order valence-electron chi connectivity index (χ3n) is 4.48. The molecule has 2 saturated carbocycles. The van der Waals surface area contributed by atoms with Gasteiger partial charge in [-0.2, -0.15) is 0 Å². The van der Waals surface area contributed by atoms with Crippen LogP contribution in [-0.2, 0) is 11.3 Å². The van der Waals surface area contributed by atoms with E-state index in [1.165, 1.54) is 19.0 Å². The van der Waals surface area contributed by atoms with Gasteiger partial charge in [-0.25, -0.2) is 15.0 Å². The maximum Gasteiger partial charge on any atom is 0.223 e. The van der Waals surface area contributed by atoms with Gasteiger partial charge in [-0.05, 0) is 25.7 Å². The molecule has 0 bridgehead atoms. The Bertz CT molecular complexity index is 967. The maximum atomic E-state index is 11.3. The molecule has 9 heteroatoms. The fourth-order valence-corrected chi connectivity index (χ4v) is 3.06. The molecule has 1 amide bonds. The van der Waals surface area contributed by atoms with Crippen LogP contribution in [0.3, 0.4) is 0 Å². The van der Waals surface area contributed by atoms with Crippen LogP contribution in [0.15, 0.2) is 31.0 Å². The third-order valence-corrected chi connectivity index (χ3v) is 5.09. The summed E-state index contributed by atoms with van der Waals surface area (Å²) in [6, 6.07) is 0. The molecule has 2 aliphatic rings. The van der Waals surface area contributed by atoms with Crippen molar-refractivity contribution in [1.29, 1.82) is 0 Å². The van der Waals surface area contributed by atoms with Crippen LogP contribution in [0.1, 0.15) is 43.1 Å². The van der Waals surface area contributed by atoms with E-state index in [-0.39, 0.29) is 11.8 Å². The Hall–Kier alpha value is -2.25. The molecule has 0 aromatic carbocycles. The zero-order valence-corrected chi connectivity index (χ0v) is 16.0. The minimum atomic E-state index is 0.0896. The maximum absolute atomic E-state index is 11.3. The summed E-state index contributed by atoms with van der Waals surface area (Å²) in [6.07, 6.45) is 13.0. The minimum absolute atomic E-state index is 0.0896. The van der Waals surface area contributed by atoms with E-state index in [0.29, 0.717) is 28.5 Å². The van der Waals surface area contributed by atoms with E-state index in [1.807, 2.05) is 10.6 Å². The first kappa shape index (κ1) is 18.1. The predicted octanol–water partition coefficient (Wildman–Crippen LogP) is 3.42. The predicted molar refractivity (Wildman–Crippen MR) is 102 cm³/mol. The Morgan fingerprint density at radius 1 is 1.04 bits per heavy atom. The van der Waals surface area contributed by atoms with Gasteiger partial charge in [0.25, 0.3) is 0 Å². The Morgan fingerprint density at radius 3 is 2.48 bits per heavy atom. The molecule has 27 heavy (non-hydrogen) atoms. The summed E-state index contributed by atoms with van der Waals surface area (Å²) in [7, 11) is 0. The molecule has 0 radical (unpaired) electrons. The second-order valence-corrected chi connectivity index (χ2v) is 7.37. The number of halogens is 2. The molecule has 0 spiro atoms. The number of aromatic nitrogens is 5. The van der Waals surface area contributed by atoms with Gasteiger partial charge in [0.2, 0.25) is 5.91 Å². The van der Waals surface area contributed by atoms with Crippen LogP contribution >= 0.6 is 23.2 Å². The molecule has 2 fully saturated rings. The van der Waals surface area contributed by atoms with Gasteiger partial charge in [0.1, 0.15) is 11.3 Å². The van der Waals surface area contributed by atoms with Crippen LogP contribution in [0.4, 0.5) is 0 Å². The average molecular weight is 405 g/mol.